The molecule has 5 heteroatoms. The Hall–Kier alpha value is -0.940. The molecule has 0 spiro atoms. The van der Waals surface area contributed by atoms with Crippen LogP contribution in [0.4, 0.5) is 0 Å². The molecule has 0 saturated heterocycles. The summed E-state index contributed by atoms with van der Waals surface area (Å²) < 4.78 is 0. The van der Waals surface area contributed by atoms with E-state index in [0.29, 0.717) is 6.54 Å². The second-order valence-electron chi connectivity index (χ2n) is 4.66. The van der Waals surface area contributed by atoms with Crippen molar-refractivity contribution in [3.63, 3.8) is 0 Å². The van der Waals surface area contributed by atoms with Crippen molar-refractivity contribution >= 4 is 17.2 Å². The quantitative estimate of drug-likeness (QED) is 0.833. The number of carbonyl (C=O) groups excluding carboxylic acids is 1. The van der Waals surface area contributed by atoms with Gasteiger partial charge >= 0.3 is 0 Å². The Morgan fingerprint density at radius 3 is 2.56 bits per heavy atom. The van der Waals surface area contributed by atoms with E-state index in [-0.39, 0.29) is 18.0 Å². The summed E-state index contributed by atoms with van der Waals surface area (Å²) in [6.07, 6.45) is 0.953. The lowest BCUT2D eigenvalue weighted by Crippen LogP contribution is -2.39. The third-order valence-electron chi connectivity index (χ3n) is 2.92. The zero-order chi connectivity index (χ0) is 13.7. The van der Waals surface area contributed by atoms with Gasteiger partial charge in [-0.1, -0.05) is 6.92 Å². The van der Waals surface area contributed by atoms with E-state index in [1.54, 1.807) is 11.3 Å². The van der Waals surface area contributed by atoms with E-state index in [0.717, 1.165) is 17.1 Å². The lowest BCUT2D eigenvalue weighted by Gasteiger charge is -2.15. The predicted molar refractivity (Wildman–Crippen MR) is 75.9 cm³/mol. The van der Waals surface area contributed by atoms with Crippen molar-refractivity contribution in [1.29, 1.82) is 0 Å². The summed E-state index contributed by atoms with van der Waals surface area (Å²) >= 11 is 1.69. The molecule has 0 aliphatic heterocycles. The topological polar surface area (TPSA) is 54.0 Å². The number of amides is 1. The van der Waals surface area contributed by atoms with Crippen LogP contribution in [0.3, 0.4) is 0 Å². The van der Waals surface area contributed by atoms with Crippen LogP contribution in [-0.4, -0.2) is 23.5 Å². The minimum atomic E-state index is 0.0510. The normalized spacial score (nSPS) is 14.3. The molecule has 2 unspecified atom stereocenters. The van der Waals surface area contributed by atoms with Crippen LogP contribution >= 0.6 is 11.3 Å². The van der Waals surface area contributed by atoms with Crippen LogP contribution in [0.1, 0.15) is 48.8 Å². The minimum Gasteiger partial charge on any atom is -0.353 e. The molecule has 0 fully saturated rings. The molecular formula is C13H23N3OS. The number of aryl methyl sites for hydroxylation is 2. The summed E-state index contributed by atoms with van der Waals surface area (Å²) in [7, 11) is 0. The molecule has 1 heterocycles. The van der Waals surface area contributed by atoms with Gasteiger partial charge < -0.3 is 10.6 Å². The van der Waals surface area contributed by atoms with Gasteiger partial charge in [-0.2, -0.15) is 0 Å². The molecule has 0 aliphatic rings. The number of hydrogen-bond acceptors (Lipinski definition) is 4. The van der Waals surface area contributed by atoms with E-state index in [4.69, 9.17) is 0 Å². The van der Waals surface area contributed by atoms with Gasteiger partial charge in [0.15, 0.2) is 0 Å². The van der Waals surface area contributed by atoms with Crippen LogP contribution in [0.25, 0.3) is 0 Å². The molecule has 4 nitrogen and oxygen atoms in total. The molecule has 1 amide bonds. The van der Waals surface area contributed by atoms with Crippen LogP contribution in [-0.2, 0) is 4.79 Å². The Labute approximate surface area is 113 Å². The number of nitrogens with one attached hydrogen (secondary N) is 2. The van der Waals surface area contributed by atoms with Crippen LogP contribution in [0.5, 0.6) is 0 Å². The molecule has 102 valence electrons. The van der Waals surface area contributed by atoms with Crippen molar-refractivity contribution in [2.45, 2.75) is 53.1 Å². The fourth-order valence-corrected chi connectivity index (χ4v) is 2.67. The summed E-state index contributed by atoms with van der Waals surface area (Å²) in [5, 5.41) is 7.25. The summed E-state index contributed by atoms with van der Waals surface area (Å²) in [6, 6.07) is 0.404. The van der Waals surface area contributed by atoms with Gasteiger partial charge in [-0.05, 0) is 34.1 Å². The molecule has 0 radical (unpaired) electrons. The van der Waals surface area contributed by atoms with E-state index in [1.807, 2.05) is 20.8 Å². The van der Waals surface area contributed by atoms with Gasteiger partial charge in [0.05, 0.1) is 17.2 Å². The number of nitrogens with zero attached hydrogens (tertiary/aromatic N) is 1. The van der Waals surface area contributed by atoms with Gasteiger partial charge in [0.1, 0.15) is 0 Å². The van der Waals surface area contributed by atoms with Gasteiger partial charge in [0.25, 0.3) is 0 Å². The predicted octanol–water partition coefficient (Wildman–Crippen LogP) is 2.33. The standard InChI is InChI=1S/C13H23N3OS/c1-6-8(2)15-12(17)7-14-9(3)13-10(4)16-11(5)18-13/h8-9,14H,6-7H2,1-5H3,(H,15,17). The van der Waals surface area contributed by atoms with Crippen LogP contribution in [0.2, 0.25) is 0 Å². The summed E-state index contributed by atoms with van der Waals surface area (Å²) in [5.41, 5.74) is 1.06. The molecular weight excluding hydrogens is 246 g/mol. The lowest BCUT2D eigenvalue weighted by atomic mass is 10.2. The van der Waals surface area contributed by atoms with Crippen molar-refractivity contribution in [1.82, 2.24) is 15.6 Å². The second kappa shape index (κ2) is 6.85. The maximum atomic E-state index is 11.7. The highest BCUT2D eigenvalue weighted by Gasteiger charge is 2.14. The number of carbonyl (C=O) groups is 1. The molecule has 1 rings (SSSR count). The Balaban J connectivity index is 2.44. The average molecular weight is 269 g/mol. The third-order valence-corrected chi connectivity index (χ3v) is 4.18. The molecule has 0 bridgehead atoms. The van der Waals surface area contributed by atoms with E-state index >= 15 is 0 Å². The van der Waals surface area contributed by atoms with Gasteiger partial charge in [-0.3, -0.25) is 4.79 Å². The first kappa shape index (κ1) is 15.1. The summed E-state index contributed by atoms with van der Waals surface area (Å²) in [4.78, 5) is 17.3. The summed E-state index contributed by atoms with van der Waals surface area (Å²) in [5.74, 6) is 0.0510. The molecule has 18 heavy (non-hydrogen) atoms. The van der Waals surface area contributed by atoms with E-state index in [2.05, 4.69) is 29.5 Å². The van der Waals surface area contributed by atoms with Gasteiger partial charge in [-0.25, -0.2) is 4.98 Å². The highest BCUT2D eigenvalue weighted by Crippen LogP contribution is 2.23. The number of aromatic nitrogens is 1. The fourth-order valence-electron chi connectivity index (χ4n) is 1.72. The molecule has 2 N–H and O–H groups in total. The Kier molecular flexibility index (Phi) is 5.75. The van der Waals surface area contributed by atoms with Crippen molar-refractivity contribution < 1.29 is 4.79 Å². The van der Waals surface area contributed by atoms with Crippen LogP contribution in [0, 0.1) is 13.8 Å². The van der Waals surface area contributed by atoms with Crippen molar-refractivity contribution in [2.24, 2.45) is 0 Å². The first-order valence-electron chi connectivity index (χ1n) is 6.40. The molecule has 2 atom stereocenters. The van der Waals surface area contributed by atoms with Gasteiger partial charge in [-0.15, -0.1) is 11.3 Å². The lowest BCUT2D eigenvalue weighted by molar-refractivity contribution is -0.120. The van der Waals surface area contributed by atoms with E-state index in [9.17, 15) is 4.79 Å². The van der Waals surface area contributed by atoms with Crippen LogP contribution in [0.15, 0.2) is 0 Å². The van der Waals surface area contributed by atoms with Crippen LogP contribution < -0.4 is 10.6 Å². The Bertz CT molecular complexity index is 403. The Morgan fingerprint density at radius 2 is 2.06 bits per heavy atom. The zero-order valence-electron chi connectivity index (χ0n) is 11.8. The van der Waals surface area contributed by atoms with Gasteiger partial charge in [0, 0.05) is 17.0 Å². The highest BCUT2D eigenvalue weighted by atomic mass is 32.1. The number of rotatable bonds is 6. The largest absolute Gasteiger partial charge is 0.353 e. The molecule has 0 saturated carbocycles. The zero-order valence-corrected chi connectivity index (χ0v) is 12.6. The SMILES string of the molecule is CCC(C)NC(=O)CNC(C)c1sc(C)nc1C. The van der Waals surface area contributed by atoms with Crippen molar-refractivity contribution in [3.8, 4) is 0 Å². The first-order chi connectivity index (χ1) is 8.43. The number of hydrogen-bond donors (Lipinski definition) is 2. The molecule has 0 aromatic carbocycles. The third kappa shape index (κ3) is 4.38. The fraction of sp³-hybridized carbons (Fsp3) is 0.692. The molecule has 1 aromatic heterocycles. The average Bonchev–Trinajstić information content (AvgIpc) is 2.65. The maximum absolute atomic E-state index is 11.7. The minimum absolute atomic E-state index is 0.0510. The maximum Gasteiger partial charge on any atom is 0.234 e. The van der Waals surface area contributed by atoms with Crippen molar-refractivity contribution in [2.75, 3.05) is 6.54 Å². The van der Waals surface area contributed by atoms with E-state index in [1.165, 1.54) is 4.88 Å². The second-order valence-corrected chi connectivity index (χ2v) is 5.90. The highest BCUT2D eigenvalue weighted by molar-refractivity contribution is 7.11. The number of thiazole rings is 1. The molecule has 0 aliphatic carbocycles. The monoisotopic (exact) mass is 269 g/mol. The summed E-state index contributed by atoms with van der Waals surface area (Å²) in [6.45, 7) is 10.5. The van der Waals surface area contributed by atoms with Gasteiger partial charge in [0.2, 0.25) is 5.91 Å². The molecule has 1 aromatic rings. The van der Waals surface area contributed by atoms with Crippen molar-refractivity contribution in [3.05, 3.63) is 15.6 Å². The van der Waals surface area contributed by atoms with E-state index < -0.39 is 0 Å². The Morgan fingerprint density at radius 1 is 1.39 bits per heavy atom. The first-order valence-corrected chi connectivity index (χ1v) is 7.22. The smallest absolute Gasteiger partial charge is 0.234 e.